The van der Waals surface area contributed by atoms with Crippen LogP contribution in [0.5, 0.6) is 5.75 Å². The van der Waals surface area contributed by atoms with Crippen LogP contribution in [0.1, 0.15) is 32.6 Å². The van der Waals surface area contributed by atoms with E-state index in [-0.39, 0.29) is 12.5 Å². The molecule has 144 valence electrons. The van der Waals surface area contributed by atoms with Crippen LogP contribution in [0.15, 0.2) is 48.7 Å². The molecule has 0 saturated carbocycles. The predicted octanol–water partition coefficient (Wildman–Crippen LogP) is 4.56. The van der Waals surface area contributed by atoms with Gasteiger partial charge in [0.25, 0.3) is 5.91 Å². The zero-order chi connectivity index (χ0) is 20.1. The van der Waals surface area contributed by atoms with Gasteiger partial charge in [-0.05, 0) is 61.9 Å². The standard InChI is InChI=1S/C21H20N2O4S/c1-4-27-21(25)19-17(23-20(24)15-6-5-13(2)22-12-15)11-18(28-19)14-7-9-16(26-3)10-8-14/h5-12H,4H2,1-3H3,(H,23,24). The van der Waals surface area contributed by atoms with Crippen LogP contribution in [0, 0.1) is 6.92 Å². The molecule has 1 N–H and O–H groups in total. The summed E-state index contributed by atoms with van der Waals surface area (Å²) in [6.07, 6.45) is 1.51. The third-order valence-electron chi connectivity index (χ3n) is 3.99. The van der Waals surface area contributed by atoms with Crippen molar-refractivity contribution in [2.45, 2.75) is 13.8 Å². The highest BCUT2D eigenvalue weighted by Crippen LogP contribution is 2.36. The van der Waals surface area contributed by atoms with Gasteiger partial charge in [0.15, 0.2) is 0 Å². The van der Waals surface area contributed by atoms with Gasteiger partial charge in [0, 0.05) is 16.8 Å². The second kappa shape index (κ2) is 8.67. The largest absolute Gasteiger partial charge is 0.497 e. The Morgan fingerprint density at radius 2 is 1.89 bits per heavy atom. The number of rotatable bonds is 6. The zero-order valence-corrected chi connectivity index (χ0v) is 16.6. The number of pyridine rings is 1. The normalized spacial score (nSPS) is 10.4. The number of hydrogen-bond acceptors (Lipinski definition) is 6. The molecule has 0 spiro atoms. The third-order valence-corrected chi connectivity index (χ3v) is 5.15. The first-order chi connectivity index (χ1) is 13.5. The van der Waals surface area contributed by atoms with Crippen LogP contribution >= 0.6 is 11.3 Å². The molecule has 3 aromatic rings. The number of ether oxygens (including phenoxy) is 2. The fraction of sp³-hybridized carbons (Fsp3) is 0.190. The number of carbonyl (C=O) groups is 2. The van der Waals surface area contributed by atoms with Gasteiger partial charge in [-0.1, -0.05) is 0 Å². The first-order valence-electron chi connectivity index (χ1n) is 8.71. The van der Waals surface area contributed by atoms with E-state index in [0.717, 1.165) is 21.9 Å². The van der Waals surface area contributed by atoms with Crippen LogP contribution in [0.4, 0.5) is 5.69 Å². The Bertz CT molecular complexity index is 979. The Hall–Kier alpha value is -3.19. The number of carbonyl (C=O) groups excluding carboxylic acids is 2. The van der Waals surface area contributed by atoms with E-state index < -0.39 is 5.97 Å². The summed E-state index contributed by atoms with van der Waals surface area (Å²) < 4.78 is 10.3. The molecule has 1 amide bonds. The van der Waals surface area contributed by atoms with Gasteiger partial charge < -0.3 is 14.8 Å². The molecule has 0 aliphatic rings. The highest BCUT2D eigenvalue weighted by Gasteiger charge is 2.20. The minimum absolute atomic E-state index is 0.254. The zero-order valence-electron chi connectivity index (χ0n) is 15.8. The van der Waals surface area contributed by atoms with Crippen molar-refractivity contribution in [2.75, 3.05) is 19.0 Å². The molecule has 3 rings (SSSR count). The van der Waals surface area contributed by atoms with Gasteiger partial charge >= 0.3 is 5.97 Å². The molecular formula is C21H20N2O4S. The van der Waals surface area contributed by atoms with Crippen molar-refractivity contribution in [1.29, 1.82) is 0 Å². The van der Waals surface area contributed by atoms with Gasteiger partial charge in [0.1, 0.15) is 10.6 Å². The number of benzene rings is 1. The van der Waals surface area contributed by atoms with Gasteiger partial charge in [-0.15, -0.1) is 11.3 Å². The number of aromatic nitrogens is 1. The summed E-state index contributed by atoms with van der Waals surface area (Å²) in [5.41, 5.74) is 2.56. The van der Waals surface area contributed by atoms with E-state index in [1.54, 1.807) is 32.2 Å². The lowest BCUT2D eigenvalue weighted by Crippen LogP contribution is -2.14. The Morgan fingerprint density at radius 3 is 2.50 bits per heavy atom. The average molecular weight is 396 g/mol. The van der Waals surface area contributed by atoms with E-state index in [1.807, 2.05) is 31.2 Å². The molecule has 28 heavy (non-hydrogen) atoms. The summed E-state index contributed by atoms with van der Waals surface area (Å²) in [6.45, 7) is 3.84. The number of nitrogens with zero attached hydrogens (tertiary/aromatic N) is 1. The lowest BCUT2D eigenvalue weighted by Gasteiger charge is -2.06. The minimum Gasteiger partial charge on any atom is -0.497 e. The molecule has 0 saturated heterocycles. The van der Waals surface area contributed by atoms with E-state index >= 15 is 0 Å². The molecule has 0 fully saturated rings. The monoisotopic (exact) mass is 396 g/mol. The van der Waals surface area contributed by atoms with Gasteiger partial charge in [-0.2, -0.15) is 0 Å². The smallest absolute Gasteiger partial charge is 0.350 e. The second-order valence-electron chi connectivity index (χ2n) is 5.94. The van der Waals surface area contributed by atoms with E-state index in [4.69, 9.17) is 9.47 Å². The number of aryl methyl sites for hydroxylation is 1. The second-order valence-corrected chi connectivity index (χ2v) is 7.00. The number of methoxy groups -OCH3 is 1. The summed E-state index contributed by atoms with van der Waals surface area (Å²) >= 11 is 1.27. The maximum Gasteiger partial charge on any atom is 0.350 e. The third kappa shape index (κ3) is 4.37. The molecular weight excluding hydrogens is 376 g/mol. The number of hydrogen-bond donors (Lipinski definition) is 1. The Morgan fingerprint density at radius 1 is 1.14 bits per heavy atom. The van der Waals surface area contributed by atoms with Crippen LogP contribution in [-0.2, 0) is 4.74 Å². The van der Waals surface area contributed by atoms with E-state index in [1.165, 1.54) is 17.5 Å². The predicted molar refractivity (Wildman–Crippen MR) is 109 cm³/mol. The fourth-order valence-electron chi connectivity index (χ4n) is 2.53. The van der Waals surface area contributed by atoms with Gasteiger partial charge in [-0.3, -0.25) is 9.78 Å². The summed E-state index contributed by atoms with van der Waals surface area (Å²) in [5.74, 6) is -0.0620. The highest BCUT2D eigenvalue weighted by atomic mass is 32.1. The van der Waals surface area contributed by atoms with Crippen LogP contribution in [-0.4, -0.2) is 30.6 Å². The summed E-state index contributed by atoms with van der Waals surface area (Å²) in [7, 11) is 1.60. The fourth-order valence-corrected chi connectivity index (χ4v) is 3.54. The maximum atomic E-state index is 12.6. The molecule has 7 heteroatoms. The van der Waals surface area contributed by atoms with Gasteiger partial charge in [0.05, 0.1) is 25.0 Å². The van der Waals surface area contributed by atoms with E-state index in [9.17, 15) is 9.59 Å². The van der Waals surface area contributed by atoms with Crippen LogP contribution in [0.25, 0.3) is 10.4 Å². The first-order valence-corrected chi connectivity index (χ1v) is 9.53. The van der Waals surface area contributed by atoms with Crippen molar-refractivity contribution in [3.63, 3.8) is 0 Å². The lowest BCUT2D eigenvalue weighted by atomic mass is 10.1. The topological polar surface area (TPSA) is 77.5 Å². The number of nitrogens with one attached hydrogen (secondary N) is 1. The first kappa shape index (κ1) is 19.6. The summed E-state index contributed by atoms with van der Waals surface area (Å²) in [6, 6.07) is 12.7. The van der Waals surface area contributed by atoms with Crippen molar-refractivity contribution < 1.29 is 19.1 Å². The van der Waals surface area contributed by atoms with E-state index in [0.29, 0.717) is 16.1 Å². The molecule has 2 heterocycles. The van der Waals surface area contributed by atoms with Crippen molar-refractivity contribution in [1.82, 2.24) is 4.98 Å². The average Bonchev–Trinajstić information content (AvgIpc) is 3.12. The molecule has 0 aliphatic carbocycles. The summed E-state index contributed by atoms with van der Waals surface area (Å²) in [5, 5.41) is 2.80. The van der Waals surface area contributed by atoms with Crippen LogP contribution in [0.3, 0.4) is 0 Å². The number of thiophene rings is 1. The molecule has 2 aromatic heterocycles. The molecule has 0 unspecified atom stereocenters. The Labute approximate surface area is 167 Å². The lowest BCUT2D eigenvalue weighted by molar-refractivity contribution is 0.0533. The maximum absolute atomic E-state index is 12.6. The molecule has 0 bridgehead atoms. The molecule has 1 aromatic carbocycles. The summed E-state index contributed by atoms with van der Waals surface area (Å²) in [4.78, 5) is 30.3. The van der Waals surface area contributed by atoms with Gasteiger partial charge in [-0.25, -0.2) is 4.79 Å². The highest BCUT2D eigenvalue weighted by molar-refractivity contribution is 7.18. The van der Waals surface area contributed by atoms with Crippen molar-refractivity contribution in [3.8, 4) is 16.2 Å². The van der Waals surface area contributed by atoms with Crippen LogP contribution < -0.4 is 10.1 Å². The molecule has 0 radical (unpaired) electrons. The van der Waals surface area contributed by atoms with Crippen LogP contribution in [0.2, 0.25) is 0 Å². The quantitative estimate of drug-likeness (QED) is 0.618. The van der Waals surface area contributed by atoms with Crippen molar-refractivity contribution in [2.24, 2.45) is 0 Å². The molecule has 0 aliphatic heterocycles. The number of anilines is 1. The number of esters is 1. The SMILES string of the molecule is CCOC(=O)c1sc(-c2ccc(OC)cc2)cc1NC(=O)c1ccc(C)nc1. The van der Waals surface area contributed by atoms with E-state index in [2.05, 4.69) is 10.3 Å². The molecule has 6 nitrogen and oxygen atoms in total. The Kier molecular flexibility index (Phi) is 6.06. The van der Waals surface area contributed by atoms with Crippen molar-refractivity contribution in [3.05, 3.63) is 64.8 Å². The molecule has 0 atom stereocenters. The Balaban J connectivity index is 1.93. The van der Waals surface area contributed by atoms with Gasteiger partial charge in [0.2, 0.25) is 0 Å². The van der Waals surface area contributed by atoms with Crippen molar-refractivity contribution >= 4 is 28.9 Å². The minimum atomic E-state index is -0.468. The number of amides is 1.